The number of carbonyl (C=O) groups excluding carboxylic acids is 2. The van der Waals surface area contributed by atoms with Crippen molar-refractivity contribution >= 4 is 23.4 Å². The van der Waals surface area contributed by atoms with Crippen molar-refractivity contribution in [1.29, 1.82) is 0 Å². The molecular formula is C19H24N4O4. The molecule has 1 aliphatic heterocycles. The molecule has 3 amide bonds. The monoisotopic (exact) mass is 372 g/mol. The number of hydrogen-bond acceptors (Lipinski definition) is 5. The maximum atomic E-state index is 12.7. The standard InChI is InChI=1S/C19H24N4O4/c1-13-5-3-6-15(9-13)20-19(25)23(11-16-7-4-8-26-16)12-18(24)21-17-10-14(2)27-22-17/h3,5-6,9-10,16H,4,7-8,11-12H2,1-2H3,(H,20,25)(H,21,22,24). The Morgan fingerprint density at radius 2 is 2.11 bits per heavy atom. The summed E-state index contributed by atoms with van der Waals surface area (Å²) in [6.07, 6.45) is 1.77. The first kappa shape index (κ1) is 18.9. The summed E-state index contributed by atoms with van der Waals surface area (Å²) < 4.78 is 10.6. The normalized spacial score (nSPS) is 16.1. The van der Waals surface area contributed by atoms with Crippen molar-refractivity contribution in [1.82, 2.24) is 10.1 Å². The SMILES string of the molecule is Cc1cccc(NC(=O)N(CC(=O)Nc2cc(C)on2)CC2CCCO2)c1. The Labute approximate surface area is 157 Å². The number of rotatable bonds is 6. The van der Waals surface area contributed by atoms with Crippen LogP contribution in [0, 0.1) is 13.8 Å². The van der Waals surface area contributed by atoms with E-state index in [1.165, 1.54) is 4.90 Å². The number of nitrogens with one attached hydrogen (secondary N) is 2. The van der Waals surface area contributed by atoms with Crippen LogP contribution in [0.4, 0.5) is 16.3 Å². The number of amides is 3. The third-order valence-corrected chi connectivity index (χ3v) is 4.23. The van der Waals surface area contributed by atoms with E-state index < -0.39 is 0 Å². The van der Waals surface area contributed by atoms with Gasteiger partial charge >= 0.3 is 6.03 Å². The van der Waals surface area contributed by atoms with Crippen LogP contribution in [0.25, 0.3) is 0 Å². The lowest BCUT2D eigenvalue weighted by atomic mass is 10.2. The van der Waals surface area contributed by atoms with Crippen molar-refractivity contribution in [2.24, 2.45) is 0 Å². The molecule has 8 nitrogen and oxygen atoms in total. The molecule has 0 aliphatic carbocycles. The molecule has 1 aromatic heterocycles. The lowest BCUT2D eigenvalue weighted by Crippen LogP contribution is -2.44. The largest absolute Gasteiger partial charge is 0.376 e. The lowest BCUT2D eigenvalue weighted by Gasteiger charge is -2.25. The minimum atomic E-state index is -0.347. The van der Waals surface area contributed by atoms with Crippen LogP contribution in [-0.2, 0) is 9.53 Å². The number of aryl methyl sites for hydroxylation is 2. The molecular weight excluding hydrogens is 348 g/mol. The van der Waals surface area contributed by atoms with E-state index in [0.717, 1.165) is 18.4 Å². The molecule has 1 aliphatic rings. The first-order valence-electron chi connectivity index (χ1n) is 8.97. The maximum absolute atomic E-state index is 12.7. The number of ether oxygens (including phenoxy) is 1. The summed E-state index contributed by atoms with van der Waals surface area (Å²) in [6.45, 7) is 4.61. The highest BCUT2D eigenvalue weighted by molar-refractivity contribution is 5.96. The van der Waals surface area contributed by atoms with E-state index in [1.54, 1.807) is 13.0 Å². The Balaban J connectivity index is 1.65. The number of anilines is 2. The first-order chi connectivity index (χ1) is 13.0. The number of benzene rings is 1. The van der Waals surface area contributed by atoms with Gasteiger partial charge in [0, 0.05) is 24.9 Å². The quantitative estimate of drug-likeness (QED) is 0.813. The van der Waals surface area contributed by atoms with Gasteiger partial charge < -0.3 is 24.8 Å². The highest BCUT2D eigenvalue weighted by Crippen LogP contribution is 2.16. The van der Waals surface area contributed by atoms with E-state index in [4.69, 9.17) is 9.26 Å². The molecule has 144 valence electrons. The lowest BCUT2D eigenvalue weighted by molar-refractivity contribution is -0.117. The van der Waals surface area contributed by atoms with Crippen LogP contribution in [0.15, 0.2) is 34.9 Å². The zero-order valence-electron chi connectivity index (χ0n) is 15.5. The number of nitrogens with zero attached hydrogens (tertiary/aromatic N) is 2. The molecule has 2 N–H and O–H groups in total. The van der Waals surface area contributed by atoms with Gasteiger partial charge in [0.15, 0.2) is 5.82 Å². The van der Waals surface area contributed by atoms with E-state index in [0.29, 0.717) is 30.4 Å². The summed E-state index contributed by atoms with van der Waals surface area (Å²) >= 11 is 0. The van der Waals surface area contributed by atoms with Gasteiger partial charge in [0.1, 0.15) is 12.3 Å². The second-order valence-corrected chi connectivity index (χ2v) is 6.69. The predicted octanol–water partition coefficient (Wildman–Crippen LogP) is 2.94. The summed E-state index contributed by atoms with van der Waals surface area (Å²) in [5, 5.41) is 9.23. The second-order valence-electron chi connectivity index (χ2n) is 6.69. The molecule has 0 bridgehead atoms. The third kappa shape index (κ3) is 5.55. The summed E-state index contributed by atoms with van der Waals surface area (Å²) in [4.78, 5) is 26.6. The fourth-order valence-electron chi connectivity index (χ4n) is 2.96. The van der Waals surface area contributed by atoms with Crippen LogP contribution in [0.1, 0.15) is 24.2 Å². The summed E-state index contributed by atoms with van der Waals surface area (Å²) in [6, 6.07) is 8.79. The van der Waals surface area contributed by atoms with Crippen LogP contribution >= 0.6 is 0 Å². The molecule has 2 heterocycles. The molecule has 2 aromatic rings. The molecule has 27 heavy (non-hydrogen) atoms. The average molecular weight is 372 g/mol. The van der Waals surface area contributed by atoms with Gasteiger partial charge in [-0.1, -0.05) is 17.3 Å². The molecule has 0 saturated carbocycles. The summed E-state index contributed by atoms with van der Waals surface area (Å²) in [5.41, 5.74) is 1.72. The Hall–Kier alpha value is -2.87. The highest BCUT2D eigenvalue weighted by Gasteiger charge is 2.25. The van der Waals surface area contributed by atoms with Crippen molar-refractivity contribution in [3.05, 3.63) is 41.7 Å². The van der Waals surface area contributed by atoms with Gasteiger partial charge in [-0.05, 0) is 44.4 Å². The number of carbonyl (C=O) groups is 2. The molecule has 1 unspecified atom stereocenters. The number of aromatic nitrogens is 1. The van der Waals surface area contributed by atoms with Crippen LogP contribution < -0.4 is 10.6 Å². The molecule has 0 radical (unpaired) electrons. The van der Waals surface area contributed by atoms with Crippen molar-refractivity contribution in [2.75, 3.05) is 30.3 Å². The Morgan fingerprint density at radius 1 is 1.26 bits per heavy atom. The van der Waals surface area contributed by atoms with E-state index in [1.807, 2.05) is 31.2 Å². The number of hydrogen-bond donors (Lipinski definition) is 2. The van der Waals surface area contributed by atoms with Gasteiger partial charge in [-0.3, -0.25) is 4.79 Å². The van der Waals surface area contributed by atoms with Crippen molar-refractivity contribution in [2.45, 2.75) is 32.8 Å². The smallest absolute Gasteiger partial charge is 0.322 e. The highest BCUT2D eigenvalue weighted by atomic mass is 16.5. The zero-order valence-corrected chi connectivity index (χ0v) is 15.5. The summed E-state index contributed by atoms with van der Waals surface area (Å²) in [7, 11) is 0. The van der Waals surface area contributed by atoms with Gasteiger partial charge in [-0.25, -0.2) is 4.79 Å². The maximum Gasteiger partial charge on any atom is 0.322 e. The Kier molecular flexibility index (Phi) is 6.08. The minimum absolute atomic E-state index is 0.0599. The van der Waals surface area contributed by atoms with Crippen molar-refractivity contribution in [3.63, 3.8) is 0 Å². The van der Waals surface area contributed by atoms with Crippen molar-refractivity contribution in [3.8, 4) is 0 Å². The molecule has 1 fully saturated rings. The van der Waals surface area contributed by atoms with E-state index in [-0.39, 0.29) is 24.6 Å². The molecule has 1 atom stereocenters. The zero-order chi connectivity index (χ0) is 19.2. The summed E-state index contributed by atoms with van der Waals surface area (Å²) in [5.74, 6) is 0.577. The number of urea groups is 1. The molecule has 8 heteroatoms. The van der Waals surface area contributed by atoms with E-state index >= 15 is 0 Å². The average Bonchev–Trinajstić information content (AvgIpc) is 3.26. The predicted molar refractivity (Wildman–Crippen MR) is 101 cm³/mol. The van der Waals surface area contributed by atoms with Gasteiger partial charge in [-0.2, -0.15) is 0 Å². The van der Waals surface area contributed by atoms with Crippen LogP contribution in [0.5, 0.6) is 0 Å². The molecule has 3 rings (SSSR count). The minimum Gasteiger partial charge on any atom is -0.376 e. The Bertz CT molecular complexity index is 799. The fourth-order valence-corrected chi connectivity index (χ4v) is 2.96. The molecule has 0 spiro atoms. The molecule has 1 saturated heterocycles. The van der Waals surface area contributed by atoms with E-state index in [9.17, 15) is 9.59 Å². The second kappa shape index (κ2) is 8.68. The van der Waals surface area contributed by atoms with Crippen LogP contribution in [0.3, 0.4) is 0 Å². The van der Waals surface area contributed by atoms with Gasteiger partial charge in [0.2, 0.25) is 5.91 Å². The van der Waals surface area contributed by atoms with Crippen LogP contribution in [0.2, 0.25) is 0 Å². The van der Waals surface area contributed by atoms with Crippen LogP contribution in [-0.4, -0.2) is 47.8 Å². The first-order valence-corrected chi connectivity index (χ1v) is 8.97. The van der Waals surface area contributed by atoms with Gasteiger partial charge in [-0.15, -0.1) is 0 Å². The van der Waals surface area contributed by atoms with Gasteiger partial charge in [0.25, 0.3) is 0 Å². The van der Waals surface area contributed by atoms with Crippen molar-refractivity contribution < 1.29 is 18.8 Å². The third-order valence-electron chi connectivity index (χ3n) is 4.23. The van der Waals surface area contributed by atoms with Gasteiger partial charge in [0.05, 0.1) is 6.10 Å². The molecule has 1 aromatic carbocycles. The Morgan fingerprint density at radius 3 is 2.78 bits per heavy atom. The topological polar surface area (TPSA) is 96.7 Å². The fraction of sp³-hybridized carbons (Fsp3) is 0.421. The van der Waals surface area contributed by atoms with E-state index in [2.05, 4.69) is 15.8 Å².